The Balaban J connectivity index is 1.64. The largest absolute Gasteiger partial charge is 0.383 e. The number of rotatable bonds is 6. The van der Waals surface area contributed by atoms with Gasteiger partial charge in [-0.05, 0) is 51.1 Å². The van der Waals surface area contributed by atoms with Gasteiger partial charge in [-0.1, -0.05) is 12.2 Å². The number of hydrogen-bond donors (Lipinski definition) is 1. The van der Waals surface area contributed by atoms with Crippen LogP contribution in [0.3, 0.4) is 0 Å². The zero-order valence-corrected chi connectivity index (χ0v) is 12.6. The quantitative estimate of drug-likeness (QED) is 0.596. The van der Waals surface area contributed by atoms with Crippen molar-refractivity contribution in [3.8, 4) is 0 Å². The first-order valence-electron chi connectivity index (χ1n) is 7.93. The smallest absolute Gasteiger partial charge is 0.223 e. The minimum absolute atomic E-state index is 0.203. The minimum Gasteiger partial charge on any atom is -0.383 e. The van der Waals surface area contributed by atoms with Gasteiger partial charge in [0.15, 0.2) is 0 Å². The van der Waals surface area contributed by atoms with Crippen molar-refractivity contribution in [1.82, 2.24) is 10.2 Å². The van der Waals surface area contributed by atoms with Crippen LogP contribution < -0.4 is 5.32 Å². The fraction of sp³-hybridized carbons (Fsp3) is 0.812. The molecule has 1 amide bonds. The maximum absolute atomic E-state index is 12.0. The van der Waals surface area contributed by atoms with E-state index < -0.39 is 0 Å². The van der Waals surface area contributed by atoms with E-state index in [-0.39, 0.29) is 11.8 Å². The molecule has 1 N–H and O–H groups in total. The maximum atomic E-state index is 12.0. The van der Waals surface area contributed by atoms with E-state index in [1.807, 2.05) is 0 Å². The fourth-order valence-electron chi connectivity index (χ4n) is 3.19. The molecule has 1 aliphatic carbocycles. The Kier molecular flexibility index (Phi) is 6.54. The van der Waals surface area contributed by atoms with Crippen molar-refractivity contribution in [2.24, 2.45) is 11.8 Å². The molecule has 0 saturated carbocycles. The molecular formula is C16H28N2O2. The predicted molar refractivity (Wildman–Crippen MR) is 80.5 cm³/mol. The fourth-order valence-corrected chi connectivity index (χ4v) is 3.19. The van der Waals surface area contributed by atoms with Crippen molar-refractivity contribution < 1.29 is 9.53 Å². The van der Waals surface area contributed by atoms with Gasteiger partial charge in [-0.2, -0.15) is 0 Å². The van der Waals surface area contributed by atoms with E-state index in [4.69, 9.17) is 4.74 Å². The maximum Gasteiger partial charge on any atom is 0.223 e. The van der Waals surface area contributed by atoms with Gasteiger partial charge in [-0.25, -0.2) is 0 Å². The number of carbonyl (C=O) groups excluding carboxylic acids is 1. The molecule has 4 heteroatoms. The van der Waals surface area contributed by atoms with E-state index in [9.17, 15) is 4.79 Å². The SMILES string of the molecule is COCCNC(=O)C1CCN(C[C@@H]2CC=CCC2)CC1. The molecule has 0 unspecified atom stereocenters. The minimum atomic E-state index is 0.203. The molecule has 0 bridgehead atoms. The number of nitrogens with one attached hydrogen (secondary N) is 1. The van der Waals surface area contributed by atoms with Crippen LogP contribution in [-0.2, 0) is 9.53 Å². The third-order valence-electron chi connectivity index (χ3n) is 4.46. The van der Waals surface area contributed by atoms with E-state index in [0.29, 0.717) is 13.2 Å². The summed E-state index contributed by atoms with van der Waals surface area (Å²) < 4.78 is 4.95. The summed E-state index contributed by atoms with van der Waals surface area (Å²) in [4.78, 5) is 14.5. The zero-order valence-electron chi connectivity index (χ0n) is 12.6. The van der Waals surface area contributed by atoms with Crippen LogP contribution in [-0.4, -0.2) is 50.7 Å². The molecule has 4 nitrogen and oxygen atoms in total. The molecule has 0 aromatic rings. The van der Waals surface area contributed by atoms with Crippen LogP contribution in [0.2, 0.25) is 0 Å². The monoisotopic (exact) mass is 280 g/mol. The Morgan fingerprint density at radius 3 is 2.75 bits per heavy atom. The lowest BCUT2D eigenvalue weighted by molar-refractivity contribution is -0.126. The van der Waals surface area contributed by atoms with Gasteiger partial charge in [0.25, 0.3) is 0 Å². The molecule has 1 aliphatic heterocycles. The molecule has 1 atom stereocenters. The first-order chi connectivity index (χ1) is 9.79. The Morgan fingerprint density at radius 2 is 2.10 bits per heavy atom. The van der Waals surface area contributed by atoms with Crippen LogP contribution >= 0.6 is 0 Å². The Labute approximate surface area is 122 Å². The van der Waals surface area contributed by atoms with Gasteiger partial charge in [0.05, 0.1) is 6.61 Å². The molecule has 0 aromatic heterocycles. The van der Waals surface area contributed by atoms with Crippen LogP contribution in [0.25, 0.3) is 0 Å². The van der Waals surface area contributed by atoms with Gasteiger partial charge in [0, 0.05) is 26.1 Å². The highest BCUT2D eigenvalue weighted by atomic mass is 16.5. The molecule has 0 aromatic carbocycles. The summed E-state index contributed by atoms with van der Waals surface area (Å²) in [6.07, 6.45) is 10.4. The number of methoxy groups -OCH3 is 1. The van der Waals surface area contributed by atoms with Gasteiger partial charge in [0.1, 0.15) is 0 Å². The number of allylic oxidation sites excluding steroid dienone is 2. The lowest BCUT2D eigenvalue weighted by Gasteiger charge is -2.34. The normalized spacial score (nSPS) is 24.8. The number of piperidine rings is 1. The van der Waals surface area contributed by atoms with Crippen molar-refractivity contribution in [3.63, 3.8) is 0 Å². The van der Waals surface area contributed by atoms with Gasteiger partial charge < -0.3 is 15.0 Å². The highest BCUT2D eigenvalue weighted by molar-refractivity contribution is 5.78. The number of ether oxygens (including phenoxy) is 1. The van der Waals surface area contributed by atoms with E-state index in [1.165, 1.54) is 25.8 Å². The number of carbonyl (C=O) groups is 1. The summed E-state index contributed by atoms with van der Waals surface area (Å²) >= 11 is 0. The van der Waals surface area contributed by atoms with E-state index in [1.54, 1.807) is 7.11 Å². The predicted octanol–water partition coefficient (Wildman–Crippen LogP) is 1.82. The molecule has 114 valence electrons. The molecule has 1 fully saturated rings. The highest BCUT2D eigenvalue weighted by Crippen LogP contribution is 2.23. The van der Waals surface area contributed by atoms with Crippen molar-refractivity contribution >= 4 is 5.91 Å². The zero-order chi connectivity index (χ0) is 14.2. The summed E-state index contributed by atoms with van der Waals surface area (Å²) in [7, 11) is 1.66. The van der Waals surface area contributed by atoms with E-state index in [2.05, 4.69) is 22.4 Å². The third kappa shape index (κ3) is 4.91. The second kappa shape index (κ2) is 8.42. The summed E-state index contributed by atoms with van der Waals surface area (Å²) in [6, 6.07) is 0. The topological polar surface area (TPSA) is 41.6 Å². The first kappa shape index (κ1) is 15.5. The molecule has 1 saturated heterocycles. The molecule has 1 heterocycles. The molecule has 2 aliphatic rings. The van der Waals surface area contributed by atoms with Gasteiger partial charge >= 0.3 is 0 Å². The van der Waals surface area contributed by atoms with Crippen LogP contribution in [0.4, 0.5) is 0 Å². The standard InChI is InChI=1S/C16H28N2O2/c1-20-12-9-17-16(19)15-7-10-18(11-8-15)13-14-5-3-2-4-6-14/h2-3,14-15H,4-13H2,1H3,(H,17,19)/t14-/m1/s1. The van der Waals surface area contributed by atoms with Crippen LogP contribution in [0.5, 0.6) is 0 Å². The van der Waals surface area contributed by atoms with Crippen molar-refractivity contribution in [2.75, 3.05) is 39.9 Å². The van der Waals surface area contributed by atoms with Gasteiger partial charge in [-0.3, -0.25) is 4.79 Å². The molecule has 20 heavy (non-hydrogen) atoms. The highest BCUT2D eigenvalue weighted by Gasteiger charge is 2.25. The summed E-state index contributed by atoms with van der Waals surface area (Å²) in [6.45, 7) is 4.58. The Hall–Kier alpha value is -0.870. The molecular weight excluding hydrogens is 252 g/mol. The second-order valence-electron chi connectivity index (χ2n) is 6.01. The van der Waals surface area contributed by atoms with E-state index >= 15 is 0 Å². The average molecular weight is 280 g/mol. The van der Waals surface area contributed by atoms with Crippen LogP contribution in [0.1, 0.15) is 32.1 Å². The van der Waals surface area contributed by atoms with Gasteiger partial charge in [0.2, 0.25) is 5.91 Å². The van der Waals surface area contributed by atoms with Crippen LogP contribution in [0.15, 0.2) is 12.2 Å². The van der Waals surface area contributed by atoms with Crippen molar-refractivity contribution in [2.45, 2.75) is 32.1 Å². The summed E-state index contributed by atoms with van der Waals surface area (Å²) in [5.41, 5.74) is 0. The van der Waals surface area contributed by atoms with E-state index in [0.717, 1.165) is 31.8 Å². The summed E-state index contributed by atoms with van der Waals surface area (Å²) in [5.74, 6) is 1.24. The summed E-state index contributed by atoms with van der Waals surface area (Å²) in [5, 5.41) is 2.96. The van der Waals surface area contributed by atoms with Crippen molar-refractivity contribution in [3.05, 3.63) is 12.2 Å². The number of likely N-dealkylation sites (tertiary alicyclic amines) is 1. The lowest BCUT2D eigenvalue weighted by atomic mass is 9.91. The van der Waals surface area contributed by atoms with Crippen molar-refractivity contribution in [1.29, 1.82) is 0 Å². The Bertz CT molecular complexity index is 322. The molecule has 2 rings (SSSR count). The Morgan fingerprint density at radius 1 is 1.30 bits per heavy atom. The second-order valence-corrected chi connectivity index (χ2v) is 6.01. The first-order valence-corrected chi connectivity index (χ1v) is 7.93. The average Bonchev–Trinajstić information content (AvgIpc) is 2.49. The number of amides is 1. The third-order valence-corrected chi connectivity index (χ3v) is 4.46. The van der Waals surface area contributed by atoms with Gasteiger partial charge in [-0.15, -0.1) is 0 Å². The number of nitrogens with zero attached hydrogens (tertiary/aromatic N) is 1. The lowest BCUT2D eigenvalue weighted by Crippen LogP contribution is -2.42. The number of hydrogen-bond acceptors (Lipinski definition) is 3. The molecule has 0 radical (unpaired) electrons. The van der Waals surface area contributed by atoms with Crippen LogP contribution in [0, 0.1) is 11.8 Å². The molecule has 0 spiro atoms.